The SMILES string of the molecule is CCNC(C)(CCCOC(C)C(C)C)C(=O)OC. The fraction of sp³-hybridized carbons (Fsp3) is 0.929. The Morgan fingerprint density at radius 2 is 1.94 bits per heavy atom. The van der Waals surface area contributed by atoms with Crippen LogP contribution in [0.5, 0.6) is 0 Å². The number of rotatable bonds is 9. The summed E-state index contributed by atoms with van der Waals surface area (Å²) < 4.78 is 10.6. The largest absolute Gasteiger partial charge is 0.468 e. The summed E-state index contributed by atoms with van der Waals surface area (Å²) >= 11 is 0. The van der Waals surface area contributed by atoms with Gasteiger partial charge < -0.3 is 14.8 Å². The maximum Gasteiger partial charge on any atom is 0.325 e. The average Bonchev–Trinajstić information content (AvgIpc) is 2.33. The minimum atomic E-state index is -0.603. The van der Waals surface area contributed by atoms with Crippen LogP contribution in [0.25, 0.3) is 0 Å². The lowest BCUT2D eigenvalue weighted by atomic mass is 9.96. The van der Waals surface area contributed by atoms with Crippen LogP contribution >= 0.6 is 0 Å². The predicted molar refractivity (Wildman–Crippen MR) is 73.6 cm³/mol. The Balaban J connectivity index is 4.09. The molecule has 0 aromatic rings. The molecule has 4 nitrogen and oxygen atoms in total. The zero-order valence-corrected chi connectivity index (χ0v) is 12.7. The van der Waals surface area contributed by atoms with E-state index >= 15 is 0 Å². The lowest BCUT2D eigenvalue weighted by molar-refractivity contribution is -0.148. The Morgan fingerprint density at radius 1 is 1.33 bits per heavy atom. The van der Waals surface area contributed by atoms with Crippen LogP contribution in [-0.2, 0) is 14.3 Å². The zero-order chi connectivity index (χ0) is 14.2. The maximum atomic E-state index is 11.7. The Morgan fingerprint density at radius 3 is 2.39 bits per heavy atom. The van der Waals surface area contributed by atoms with Crippen LogP contribution in [0.1, 0.15) is 47.5 Å². The van der Waals surface area contributed by atoms with Crippen LogP contribution in [0.3, 0.4) is 0 Å². The lowest BCUT2D eigenvalue weighted by Gasteiger charge is -2.27. The van der Waals surface area contributed by atoms with E-state index in [1.165, 1.54) is 7.11 Å². The van der Waals surface area contributed by atoms with Crippen molar-refractivity contribution in [3.63, 3.8) is 0 Å². The molecule has 0 aromatic carbocycles. The first-order valence-corrected chi connectivity index (χ1v) is 6.82. The first-order chi connectivity index (χ1) is 8.37. The van der Waals surface area contributed by atoms with E-state index in [4.69, 9.17) is 9.47 Å². The smallest absolute Gasteiger partial charge is 0.325 e. The van der Waals surface area contributed by atoms with Crippen LogP contribution in [-0.4, -0.2) is 37.9 Å². The Labute approximate surface area is 111 Å². The summed E-state index contributed by atoms with van der Waals surface area (Å²) in [5, 5.41) is 3.19. The second kappa shape index (κ2) is 8.48. The first-order valence-electron chi connectivity index (χ1n) is 6.82. The molecule has 0 heterocycles. The van der Waals surface area contributed by atoms with Crippen LogP contribution in [0.2, 0.25) is 0 Å². The second-order valence-electron chi connectivity index (χ2n) is 5.28. The summed E-state index contributed by atoms with van der Waals surface area (Å²) in [6, 6.07) is 0. The van der Waals surface area contributed by atoms with E-state index < -0.39 is 5.54 Å². The van der Waals surface area contributed by atoms with E-state index in [-0.39, 0.29) is 12.1 Å². The summed E-state index contributed by atoms with van der Waals surface area (Å²) in [5.74, 6) is 0.312. The Bertz CT molecular complexity index is 243. The van der Waals surface area contributed by atoms with Crippen molar-refractivity contribution in [3.8, 4) is 0 Å². The summed E-state index contributed by atoms with van der Waals surface area (Å²) in [4.78, 5) is 11.7. The van der Waals surface area contributed by atoms with Crippen LogP contribution < -0.4 is 5.32 Å². The third kappa shape index (κ3) is 5.83. The highest BCUT2D eigenvalue weighted by Gasteiger charge is 2.32. The van der Waals surface area contributed by atoms with Crippen molar-refractivity contribution in [3.05, 3.63) is 0 Å². The zero-order valence-electron chi connectivity index (χ0n) is 12.7. The molecule has 2 atom stereocenters. The van der Waals surface area contributed by atoms with Gasteiger partial charge in [0.15, 0.2) is 0 Å². The van der Waals surface area contributed by atoms with E-state index in [1.54, 1.807) is 0 Å². The Hall–Kier alpha value is -0.610. The monoisotopic (exact) mass is 259 g/mol. The van der Waals surface area contributed by atoms with Gasteiger partial charge in [0.05, 0.1) is 13.2 Å². The number of nitrogens with one attached hydrogen (secondary N) is 1. The minimum absolute atomic E-state index is 0.207. The van der Waals surface area contributed by atoms with Crippen molar-refractivity contribution in [2.24, 2.45) is 5.92 Å². The number of carbonyl (C=O) groups excluding carboxylic acids is 1. The van der Waals surface area contributed by atoms with Gasteiger partial charge in [-0.1, -0.05) is 20.8 Å². The summed E-state index contributed by atoms with van der Waals surface area (Å²) in [5.41, 5.74) is -0.603. The molecular weight excluding hydrogens is 230 g/mol. The highest BCUT2D eigenvalue weighted by Crippen LogP contribution is 2.15. The highest BCUT2D eigenvalue weighted by molar-refractivity contribution is 5.80. The normalized spacial score (nSPS) is 16.4. The maximum absolute atomic E-state index is 11.7. The van der Waals surface area contributed by atoms with E-state index in [0.29, 0.717) is 12.5 Å². The van der Waals surface area contributed by atoms with Crippen LogP contribution in [0.4, 0.5) is 0 Å². The van der Waals surface area contributed by atoms with E-state index in [2.05, 4.69) is 26.1 Å². The van der Waals surface area contributed by atoms with Crippen LogP contribution in [0.15, 0.2) is 0 Å². The number of ether oxygens (including phenoxy) is 2. The van der Waals surface area contributed by atoms with Gasteiger partial charge in [0.25, 0.3) is 0 Å². The fourth-order valence-electron chi connectivity index (χ4n) is 1.77. The number of carbonyl (C=O) groups is 1. The first kappa shape index (κ1) is 17.4. The molecule has 0 fully saturated rings. The van der Waals surface area contributed by atoms with Crippen molar-refractivity contribution in [2.75, 3.05) is 20.3 Å². The molecule has 4 heteroatoms. The molecule has 0 rings (SSSR count). The Kier molecular flexibility index (Phi) is 8.20. The average molecular weight is 259 g/mol. The van der Waals surface area contributed by atoms with Crippen molar-refractivity contribution >= 4 is 5.97 Å². The topological polar surface area (TPSA) is 47.6 Å². The molecule has 0 spiro atoms. The van der Waals surface area contributed by atoms with Gasteiger partial charge in [0.1, 0.15) is 5.54 Å². The van der Waals surface area contributed by atoms with Gasteiger partial charge in [0, 0.05) is 6.61 Å². The van der Waals surface area contributed by atoms with Crippen molar-refractivity contribution in [2.45, 2.75) is 59.1 Å². The molecule has 18 heavy (non-hydrogen) atoms. The quantitative estimate of drug-likeness (QED) is 0.510. The van der Waals surface area contributed by atoms with E-state index in [9.17, 15) is 4.79 Å². The molecular formula is C14H29NO3. The standard InChI is InChI=1S/C14H29NO3/c1-7-15-14(5,13(16)17-6)9-8-10-18-12(4)11(2)3/h11-12,15H,7-10H2,1-6H3. The molecule has 2 unspecified atom stereocenters. The highest BCUT2D eigenvalue weighted by atomic mass is 16.5. The molecule has 108 valence electrons. The van der Waals surface area contributed by atoms with Crippen molar-refractivity contribution < 1.29 is 14.3 Å². The number of esters is 1. The van der Waals surface area contributed by atoms with Gasteiger partial charge >= 0.3 is 5.97 Å². The lowest BCUT2D eigenvalue weighted by Crippen LogP contribution is -2.50. The van der Waals surface area contributed by atoms with E-state index in [0.717, 1.165) is 19.4 Å². The van der Waals surface area contributed by atoms with Gasteiger partial charge in [-0.25, -0.2) is 0 Å². The number of likely N-dealkylation sites (N-methyl/N-ethyl adjacent to an activating group) is 1. The summed E-state index contributed by atoms with van der Waals surface area (Å²) in [7, 11) is 1.43. The van der Waals surface area contributed by atoms with E-state index in [1.807, 2.05) is 13.8 Å². The number of methoxy groups -OCH3 is 1. The van der Waals surface area contributed by atoms with Gasteiger partial charge in [-0.3, -0.25) is 4.79 Å². The number of hydrogen-bond acceptors (Lipinski definition) is 4. The summed E-state index contributed by atoms with van der Waals surface area (Å²) in [6.07, 6.45) is 1.82. The molecule has 0 saturated carbocycles. The van der Waals surface area contributed by atoms with Gasteiger partial charge in [-0.15, -0.1) is 0 Å². The predicted octanol–water partition coefficient (Wildman–Crippen LogP) is 2.37. The van der Waals surface area contributed by atoms with Gasteiger partial charge in [-0.05, 0) is 39.2 Å². The molecule has 0 saturated heterocycles. The summed E-state index contributed by atoms with van der Waals surface area (Å²) in [6.45, 7) is 11.6. The fourth-order valence-corrected chi connectivity index (χ4v) is 1.77. The molecule has 0 aromatic heterocycles. The van der Waals surface area contributed by atoms with Crippen molar-refractivity contribution in [1.29, 1.82) is 0 Å². The van der Waals surface area contributed by atoms with Gasteiger partial charge in [-0.2, -0.15) is 0 Å². The third-order valence-electron chi connectivity index (χ3n) is 3.34. The molecule has 0 aliphatic rings. The van der Waals surface area contributed by atoms with Crippen LogP contribution in [0, 0.1) is 5.92 Å². The molecule has 0 aliphatic heterocycles. The molecule has 0 radical (unpaired) electrons. The van der Waals surface area contributed by atoms with Crippen molar-refractivity contribution in [1.82, 2.24) is 5.32 Å². The minimum Gasteiger partial charge on any atom is -0.468 e. The molecule has 0 aliphatic carbocycles. The molecule has 1 N–H and O–H groups in total. The van der Waals surface area contributed by atoms with Gasteiger partial charge in [0.2, 0.25) is 0 Å². The number of hydrogen-bond donors (Lipinski definition) is 1. The molecule has 0 amide bonds. The third-order valence-corrected chi connectivity index (χ3v) is 3.34. The molecule has 0 bridgehead atoms. The second-order valence-corrected chi connectivity index (χ2v) is 5.28.